The highest BCUT2D eigenvalue weighted by atomic mass is 19.4. The van der Waals surface area contributed by atoms with Gasteiger partial charge in [-0.1, -0.05) is 24.3 Å². The van der Waals surface area contributed by atoms with Crippen LogP contribution in [0.5, 0.6) is 0 Å². The molecule has 0 radical (unpaired) electrons. The van der Waals surface area contributed by atoms with Crippen molar-refractivity contribution in [1.82, 2.24) is 10.2 Å². The summed E-state index contributed by atoms with van der Waals surface area (Å²) in [5.74, 6) is 0. The summed E-state index contributed by atoms with van der Waals surface area (Å²) in [5, 5.41) is 14.9. The Hall–Kier alpha value is -2.35. The first-order valence-corrected chi connectivity index (χ1v) is 6.53. The molecule has 2 aromatic rings. The monoisotopic (exact) mass is 311 g/mol. The zero-order valence-corrected chi connectivity index (χ0v) is 11.3. The Kier molecular flexibility index (Phi) is 3.40. The lowest BCUT2D eigenvalue weighted by molar-refractivity contribution is -0.138. The second-order valence-corrected chi connectivity index (χ2v) is 4.98. The first-order valence-electron chi connectivity index (χ1n) is 6.53. The highest BCUT2D eigenvalue weighted by Crippen LogP contribution is 2.41. The molecule has 0 unspecified atom stereocenters. The lowest BCUT2D eigenvalue weighted by Gasteiger charge is -2.27. The minimum absolute atomic E-state index is 0.176. The van der Waals surface area contributed by atoms with Crippen LogP contribution in [0.1, 0.15) is 22.7 Å². The van der Waals surface area contributed by atoms with E-state index in [-0.39, 0.29) is 18.8 Å². The number of benzene rings is 1. The Balaban J connectivity index is 2.14. The zero-order valence-electron chi connectivity index (χ0n) is 11.3. The maximum Gasteiger partial charge on any atom is 0.423 e. The Morgan fingerprint density at radius 3 is 2.77 bits per heavy atom. The molecule has 0 bridgehead atoms. The minimum Gasteiger partial charge on any atom is -0.394 e. The second-order valence-electron chi connectivity index (χ2n) is 4.98. The maximum absolute atomic E-state index is 13.2. The third-order valence-electron chi connectivity index (χ3n) is 3.73. The van der Waals surface area contributed by atoms with Gasteiger partial charge in [-0.25, -0.2) is 5.10 Å². The third kappa shape index (κ3) is 2.25. The topological polar surface area (TPSA) is 69.2 Å². The van der Waals surface area contributed by atoms with E-state index < -0.39 is 23.3 Å². The van der Waals surface area contributed by atoms with Crippen LogP contribution < -0.4 is 10.5 Å². The largest absolute Gasteiger partial charge is 0.423 e. The molecule has 1 aromatic heterocycles. The molecule has 1 atom stereocenters. The Bertz CT molecular complexity index is 757. The number of H-pyrrole nitrogens is 1. The molecule has 1 aliphatic heterocycles. The fourth-order valence-electron chi connectivity index (χ4n) is 2.80. The van der Waals surface area contributed by atoms with E-state index in [2.05, 4.69) is 5.10 Å². The highest BCUT2D eigenvalue weighted by molar-refractivity contribution is 5.58. The first-order chi connectivity index (χ1) is 10.4. The van der Waals surface area contributed by atoms with Gasteiger partial charge in [0.15, 0.2) is 0 Å². The number of halogens is 3. The van der Waals surface area contributed by atoms with Crippen LogP contribution in [-0.4, -0.2) is 21.9 Å². The molecule has 2 N–H and O–H groups in total. The molecule has 0 spiro atoms. The van der Waals surface area contributed by atoms with E-state index in [4.69, 9.17) is 0 Å². The van der Waals surface area contributed by atoms with Gasteiger partial charge < -0.3 is 10.0 Å². The molecular weight excluding hydrogens is 299 g/mol. The van der Waals surface area contributed by atoms with Gasteiger partial charge in [0.1, 0.15) is 5.56 Å². The lowest BCUT2D eigenvalue weighted by atomic mass is 10.1. The average molecular weight is 311 g/mol. The van der Waals surface area contributed by atoms with E-state index in [0.717, 1.165) is 17.3 Å². The van der Waals surface area contributed by atoms with E-state index in [9.17, 15) is 23.1 Å². The molecular formula is C14H12F3N3O2. The Morgan fingerprint density at radius 1 is 1.36 bits per heavy atom. The third-order valence-corrected chi connectivity index (χ3v) is 3.73. The Labute approximate surface area is 123 Å². The van der Waals surface area contributed by atoms with Crippen LogP contribution in [0.2, 0.25) is 0 Å². The van der Waals surface area contributed by atoms with Crippen molar-refractivity contribution in [2.75, 3.05) is 11.5 Å². The van der Waals surface area contributed by atoms with Crippen molar-refractivity contribution in [1.29, 1.82) is 0 Å². The summed E-state index contributed by atoms with van der Waals surface area (Å²) in [7, 11) is 0. The summed E-state index contributed by atoms with van der Waals surface area (Å²) >= 11 is 0. The summed E-state index contributed by atoms with van der Waals surface area (Å²) in [5.41, 5.74) is -1.36. The molecule has 0 aliphatic carbocycles. The van der Waals surface area contributed by atoms with Crippen LogP contribution in [0, 0.1) is 0 Å². The van der Waals surface area contributed by atoms with Crippen LogP contribution in [0.4, 0.5) is 18.9 Å². The van der Waals surface area contributed by atoms with Gasteiger partial charge in [0.2, 0.25) is 0 Å². The number of hydrogen-bond acceptors (Lipinski definition) is 4. The molecule has 5 nitrogen and oxygen atoms in total. The average Bonchev–Trinajstić information content (AvgIpc) is 2.84. The molecule has 1 aromatic carbocycles. The minimum atomic E-state index is -4.80. The number of aliphatic hydroxyl groups excluding tert-OH is 1. The van der Waals surface area contributed by atoms with Crippen LogP contribution >= 0.6 is 0 Å². The van der Waals surface area contributed by atoms with Gasteiger partial charge in [0.05, 0.1) is 24.5 Å². The van der Waals surface area contributed by atoms with Gasteiger partial charge in [-0.3, -0.25) is 4.79 Å². The van der Waals surface area contributed by atoms with E-state index >= 15 is 0 Å². The number of anilines is 1. The van der Waals surface area contributed by atoms with Gasteiger partial charge in [0.25, 0.3) is 5.56 Å². The van der Waals surface area contributed by atoms with Crippen LogP contribution in [-0.2, 0) is 12.7 Å². The second kappa shape index (κ2) is 5.13. The highest BCUT2D eigenvalue weighted by Gasteiger charge is 2.41. The summed E-state index contributed by atoms with van der Waals surface area (Å²) in [6.45, 7) is -0.184. The number of aliphatic hydroxyl groups is 1. The predicted molar refractivity (Wildman–Crippen MR) is 72.3 cm³/mol. The molecule has 8 heteroatoms. The number of hydrogen-bond donors (Lipinski definition) is 2. The van der Waals surface area contributed by atoms with Gasteiger partial charge in [0, 0.05) is 6.54 Å². The number of nitrogens with zero attached hydrogens (tertiary/aromatic N) is 2. The molecule has 22 heavy (non-hydrogen) atoms. The molecule has 0 saturated heterocycles. The number of alkyl halides is 3. The molecule has 3 rings (SSSR count). The number of nitrogens with one attached hydrogen (secondary N) is 1. The molecule has 0 fully saturated rings. The van der Waals surface area contributed by atoms with Crippen molar-refractivity contribution in [2.24, 2.45) is 0 Å². The molecule has 1 aliphatic rings. The maximum atomic E-state index is 13.2. The normalized spacial score (nSPS) is 17.6. The van der Waals surface area contributed by atoms with E-state index in [0.29, 0.717) is 0 Å². The van der Waals surface area contributed by atoms with Crippen molar-refractivity contribution >= 4 is 5.69 Å². The molecule has 0 saturated carbocycles. The van der Waals surface area contributed by atoms with Gasteiger partial charge >= 0.3 is 6.18 Å². The van der Waals surface area contributed by atoms with Crippen LogP contribution in [0.25, 0.3) is 0 Å². The molecule has 0 amide bonds. The molecule has 2 heterocycles. The predicted octanol–water partition coefficient (Wildman–Crippen LogP) is 1.84. The van der Waals surface area contributed by atoms with E-state index in [1.165, 1.54) is 4.90 Å². The fraction of sp³-hybridized carbons (Fsp3) is 0.286. The standard InChI is InChI=1S/C14H12F3N3O2/c15-14(16,17)12-10(5-18-19-13(12)22)20-6-8-3-1-2-4-9(8)11(20)7-21/h1-5,11,21H,6-7H2,(H,19,22)/t11-/m0/s1. The fourth-order valence-corrected chi connectivity index (χ4v) is 2.80. The zero-order chi connectivity index (χ0) is 15.9. The number of rotatable bonds is 2. The van der Waals surface area contributed by atoms with Crippen molar-refractivity contribution in [3.63, 3.8) is 0 Å². The van der Waals surface area contributed by atoms with Gasteiger partial charge in [-0.15, -0.1) is 0 Å². The lowest BCUT2D eigenvalue weighted by Crippen LogP contribution is -2.31. The van der Waals surface area contributed by atoms with E-state index in [1.54, 1.807) is 24.3 Å². The summed E-state index contributed by atoms with van der Waals surface area (Å²) < 4.78 is 39.6. The SMILES string of the molecule is O=c1[nH]ncc(N2Cc3ccccc3[C@@H]2CO)c1C(F)(F)F. The Morgan fingerprint density at radius 2 is 2.09 bits per heavy atom. The number of aromatic amines is 1. The summed E-state index contributed by atoms with van der Waals surface area (Å²) in [6, 6.07) is 6.43. The summed E-state index contributed by atoms with van der Waals surface area (Å²) in [4.78, 5) is 12.9. The van der Waals surface area contributed by atoms with Crippen LogP contribution in [0.15, 0.2) is 35.3 Å². The van der Waals surface area contributed by atoms with Gasteiger partial charge in [-0.2, -0.15) is 18.3 Å². The van der Waals surface area contributed by atoms with Gasteiger partial charge in [-0.05, 0) is 11.1 Å². The number of aromatic nitrogens is 2. The van der Waals surface area contributed by atoms with Crippen molar-refractivity contribution < 1.29 is 18.3 Å². The smallest absolute Gasteiger partial charge is 0.394 e. The summed E-state index contributed by atoms with van der Waals surface area (Å²) in [6.07, 6.45) is -3.83. The van der Waals surface area contributed by atoms with E-state index in [1.807, 2.05) is 5.10 Å². The van der Waals surface area contributed by atoms with Crippen molar-refractivity contribution in [3.8, 4) is 0 Å². The molecule has 116 valence electrons. The van der Waals surface area contributed by atoms with Crippen molar-refractivity contribution in [3.05, 3.63) is 57.5 Å². The number of fused-ring (bicyclic) bond motifs is 1. The van der Waals surface area contributed by atoms with Crippen molar-refractivity contribution in [2.45, 2.75) is 18.8 Å². The van der Waals surface area contributed by atoms with Crippen LogP contribution in [0.3, 0.4) is 0 Å². The quantitative estimate of drug-likeness (QED) is 0.888. The first kappa shape index (κ1) is 14.6.